The van der Waals surface area contributed by atoms with Crippen LogP contribution in [0.2, 0.25) is 15.1 Å². The SMILES string of the molecule is O=C(C=Cc1ccc(-c2ccc(Cl)cc2)o1)Nc1nc2c(Cl)c(Cl)ccc2s1. The monoisotopic (exact) mass is 448 g/mol. The van der Waals surface area contributed by atoms with Crippen LogP contribution in [-0.2, 0) is 4.79 Å². The van der Waals surface area contributed by atoms with Crippen LogP contribution in [0, 0.1) is 0 Å². The number of hydrogen-bond donors (Lipinski definition) is 1. The van der Waals surface area contributed by atoms with Gasteiger partial charge in [-0.05, 0) is 54.6 Å². The number of carbonyl (C=O) groups is 1. The predicted molar refractivity (Wildman–Crippen MR) is 116 cm³/mol. The fourth-order valence-corrected chi connectivity index (χ4v) is 3.93. The largest absolute Gasteiger partial charge is 0.457 e. The van der Waals surface area contributed by atoms with Crippen molar-refractivity contribution in [3.63, 3.8) is 0 Å². The van der Waals surface area contributed by atoms with E-state index in [4.69, 9.17) is 39.2 Å². The third kappa shape index (κ3) is 4.08. The van der Waals surface area contributed by atoms with Gasteiger partial charge in [0, 0.05) is 16.7 Å². The van der Waals surface area contributed by atoms with Gasteiger partial charge in [0.15, 0.2) is 5.13 Å². The number of nitrogens with one attached hydrogen (secondary N) is 1. The van der Waals surface area contributed by atoms with Crippen molar-refractivity contribution in [3.8, 4) is 11.3 Å². The molecule has 1 amide bonds. The Morgan fingerprint density at radius 3 is 2.61 bits per heavy atom. The lowest BCUT2D eigenvalue weighted by molar-refractivity contribution is -0.111. The fourth-order valence-electron chi connectivity index (χ4n) is 2.51. The molecule has 2 heterocycles. The number of anilines is 1. The number of carbonyl (C=O) groups excluding carboxylic acids is 1. The van der Waals surface area contributed by atoms with E-state index in [-0.39, 0.29) is 5.91 Å². The van der Waals surface area contributed by atoms with E-state index in [1.165, 1.54) is 17.4 Å². The van der Waals surface area contributed by atoms with Gasteiger partial charge in [-0.3, -0.25) is 10.1 Å². The van der Waals surface area contributed by atoms with Crippen molar-refractivity contribution in [2.75, 3.05) is 5.32 Å². The summed E-state index contributed by atoms with van der Waals surface area (Å²) >= 11 is 19.3. The Bertz CT molecular complexity index is 1200. The van der Waals surface area contributed by atoms with E-state index in [0.29, 0.717) is 37.2 Å². The lowest BCUT2D eigenvalue weighted by Gasteiger charge is -1.97. The molecule has 0 spiro atoms. The normalized spacial score (nSPS) is 11.4. The molecule has 0 aliphatic rings. The number of furan rings is 1. The second kappa shape index (κ2) is 7.97. The number of nitrogens with zero attached hydrogens (tertiary/aromatic N) is 1. The van der Waals surface area contributed by atoms with Crippen molar-refractivity contribution >= 4 is 73.5 Å². The molecular formula is C20H11Cl3N2O2S. The number of fused-ring (bicyclic) bond motifs is 1. The van der Waals surface area contributed by atoms with Crippen LogP contribution < -0.4 is 5.32 Å². The van der Waals surface area contributed by atoms with Crippen LogP contribution in [0.25, 0.3) is 27.6 Å². The Balaban J connectivity index is 1.46. The number of rotatable bonds is 4. The Hall–Kier alpha value is -2.31. The quantitative estimate of drug-likeness (QED) is 0.336. The number of hydrogen-bond acceptors (Lipinski definition) is 4. The first-order chi connectivity index (χ1) is 13.5. The van der Waals surface area contributed by atoms with Crippen molar-refractivity contribution in [2.24, 2.45) is 0 Å². The summed E-state index contributed by atoms with van der Waals surface area (Å²) in [5.74, 6) is 0.916. The summed E-state index contributed by atoms with van der Waals surface area (Å²) in [4.78, 5) is 16.5. The molecule has 0 atom stereocenters. The first-order valence-corrected chi connectivity index (χ1v) is 10.0. The highest BCUT2D eigenvalue weighted by molar-refractivity contribution is 7.22. The molecule has 0 saturated carbocycles. The number of amides is 1. The Kier molecular flexibility index (Phi) is 5.42. The summed E-state index contributed by atoms with van der Waals surface area (Å²) in [7, 11) is 0. The molecule has 2 aromatic heterocycles. The second-order valence-electron chi connectivity index (χ2n) is 5.76. The van der Waals surface area contributed by atoms with Crippen LogP contribution in [-0.4, -0.2) is 10.9 Å². The second-order valence-corrected chi connectivity index (χ2v) is 8.01. The van der Waals surface area contributed by atoms with Crippen molar-refractivity contribution in [1.82, 2.24) is 4.98 Å². The number of thiazole rings is 1. The summed E-state index contributed by atoms with van der Waals surface area (Å²) in [5, 5.41) is 4.61. The van der Waals surface area contributed by atoms with Crippen LogP contribution in [0.3, 0.4) is 0 Å². The van der Waals surface area contributed by atoms with E-state index in [1.807, 2.05) is 24.3 Å². The topological polar surface area (TPSA) is 55.1 Å². The Labute approximate surface area is 179 Å². The molecule has 0 radical (unpaired) electrons. The molecular weight excluding hydrogens is 439 g/mol. The third-order valence-corrected chi connectivity index (χ3v) is 5.82. The van der Waals surface area contributed by atoms with E-state index in [2.05, 4.69) is 10.3 Å². The van der Waals surface area contributed by atoms with E-state index >= 15 is 0 Å². The molecule has 2 aromatic carbocycles. The van der Waals surface area contributed by atoms with E-state index in [0.717, 1.165) is 10.3 Å². The zero-order valence-electron chi connectivity index (χ0n) is 14.1. The summed E-state index contributed by atoms with van der Waals surface area (Å²) in [6, 6.07) is 14.4. The van der Waals surface area contributed by atoms with Crippen LogP contribution in [0.5, 0.6) is 0 Å². The van der Waals surface area contributed by atoms with Crippen molar-refractivity contribution in [3.05, 3.63) is 75.4 Å². The van der Waals surface area contributed by atoms with E-state index < -0.39 is 0 Å². The molecule has 0 aliphatic heterocycles. The maximum absolute atomic E-state index is 12.2. The zero-order chi connectivity index (χ0) is 19.7. The van der Waals surface area contributed by atoms with Crippen LogP contribution in [0.15, 0.2) is 59.0 Å². The van der Waals surface area contributed by atoms with Crippen molar-refractivity contribution < 1.29 is 9.21 Å². The third-order valence-electron chi connectivity index (χ3n) is 3.84. The molecule has 4 aromatic rings. The van der Waals surface area contributed by atoms with Gasteiger partial charge in [-0.2, -0.15) is 0 Å². The van der Waals surface area contributed by atoms with Gasteiger partial charge in [0.05, 0.1) is 14.7 Å². The molecule has 4 rings (SSSR count). The average molecular weight is 450 g/mol. The molecule has 140 valence electrons. The average Bonchev–Trinajstić information content (AvgIpc) is 3.31. The standard InChI is InChI=1S/C20H11Cl3N2O2S/c21-12-3-1-11(2-4-12)15-8-5-13(27-15)6-10-17(26)24-20-25-19-16(28-20)9-7-14(22)18(19)23/h1-10H,(H,24,25,26). The van der Waals surface area contributed by atoms with Gasteiger partial charge in [-0.15, -0.1) is 0 Å². The van der Waals surface area contributed by atoms with Gasteiger partial charge in [0.1, 0.15) is 17.0 Å². The molecule has 0 aliphatic carbocycles. The summed E-state index contributed by atoms with van der Waals surface area (Å²) in [5.41, 5.74) is 1.47. The highest BCUT2D eigenvalue weighted by atomic mass is 35.5. The fraction of sp³-hybridized carbons (Fsp3) is 0. The van der Waals surface area contributed by atoms with Crippen LogP contribution in [0.1, 0.15) is 5.76 Å². The summed E-state index contributed by atoms with van der Waals surface area (Å²) in [6.45, 7) is 0. The van der Waals surface area contributed by atoms with Gasteiger partial charge in [0.25, 0.3) is 0 Å². The minimum atomic E-state index is -0.328. The van der Waals surface area contributed by atoms with Gasteiger partial charge in [0.2, 0.25) is 5.91 Å². The zero-order valence-corrected chi connectivity index (χ0v) is 17.2. The van der Waals surface area contributed by atoms with Crippen molar-refractivity contribution in [2.45, 2.75) is 0 Å². The molecule has 0 fully saturated rings. The molecule has 1 N–H and O–H groups in total. The predicted octanol–water partition coefficient (Wildman–Crippen LogP) is 7.17. The van der Waals surface area contributed by atoms with Gasteiger partial charge < -0.3 is 4.42 Å². The maximum atomic E-state index is 12.2. The lowest BCUT2D eigenvalue weighted by atomic mass is 10.2. The van der Waals surface area contributed by atoms with Gasteiger partial charge >= 0.3 is 0 Å². The number of benzene rings is 2. The first-order valence-electron chi connectivity index (χ1n) is 8.09. The Morgan fingerprint density at radius 2 is 1.82 bits per heavy atom. The molecule has 0 bridgehead atoms. The van der Waals surface area contributed by atoms with Crippen LogP contribution in [0.4, 0.5) is 5.13 Å². The maximum Gasteiger partial charge on any atom is 0.250 e. The highest BCUT2D eigenvalue weighted by Gasteiger charge is 2.11. The minimum Gasteiger partial charge on any atom is -0.457 e. The summed E-state index contributed by atoms with van der Waals surface area (Å²) in [6.07, 6.45) is 2.97. The van der Waals surface area contributed by atoms with Crippen molar-refractivity contribution in [1.29, 1.82) is 0 Å². The van der Waals surface area contributed by atoms with Gasteiger partial charge in [-0.1, -0.05) is 46.1 Å². The number of halogens is 3. The first kappa shape index (κ1) is 19.0. The Morgan fingerprint density at radius 1 is 1.04 bits per heavy atom. The van der Waals surface area contributed by atoms with E-state index in [9.17, 15) is 4.79 Å². The van der Waals surface area contributed by atoms with E-state index in [1.54, 1.807) is 30.3 Å². The van der Waals surface area contributed by atoms with Crippen LogP contribution >= 0.6 is 46.1 Å². The number of aromatic nitrogens is 1. The molecule has 8 heteroatoms. The van der Waals surface area contributed by atoms with Gasteiger partial charge in [-0.25, -0.2) is 4.98 Å². The lowest BCUT2D eigenvalue weighted by Crippen LogP contribution is -2.07. The molecule has 4 nitrogen and oxygen atoms in total. The molecule has 28 heavy (non-hydrogen) atoms. The smallest absolute Gasteiger partial charge is 0.250 e. The highest BCUT2D eigenvalue weighted by Crippen LogP contribution is 2.35. The summed E-state index contributed by atoms with van der Waals surface area (Å²) < 4.78 is 6.57. The molecule has 0 saturated heterocycles. The minimum absolute atomic E-state index is 0.328. The molecule has 0 unspecified atom stereocenters.